The van der Waals surface area contributed by atoms with Gasteiger partial charge >= 0.3 is 0 Å². The molecule has 0 saturated carbocycles. The zero-order valence-corrected chi connectivity index (χ0v) is 14.0. The fraction of sp³-hybridized carbons (Fsp3) is 0.158. The molecule has 3 N–H and O–H groups in total. The zero-order chi connectivity index (χ0) is 18.2. The maximum absolute atomic E-state index is 12.1. The number of ether oxygens (including phenoxy) is 1. The lowest BCUT2D eigenvalue weighted by atomic mass is 10.2. The van der Waals surface area contributed by atoms with Gasteiger partial charge in [0.2, 0.25) is 11.8 Å². The van der Waals surface area contributed by atoms with Crippen LogP contribution < -0.4 is 15.4 Å². The van der Waals surface area contributed by atoms with Crippen molar-refractivity contribution in [3.8, 4) is 11.5 Å². The Morgan fingerprint density at radius 3 is 2.44 bits per heavy atom. The summed E-state index contributed by atoms with van der Waals surface area (Å²) in [5.74, 6) is -0.117. The van der Waals surface area contributed by atoms with Gasteiger partial charge in [-0.1, -0.05) is 24.3 Å². The molecule has 6 heteroatoms. The van der Waals surface area contributed by atoms with Crippen LogP contribution in [0.25, 0.3) is 6.08 Å². The van der Waals surface area contributed by atoms with Gasteiger partial charge in [0.15, 0.2) is 0 Å². The van der Waals surface area contributed by atoms with Crippen LogP contribution in [0.5, 0.6) is 11.5 Å². The third-order valence-corrected chi connectivity index (χ3v) is 3.46. The summed E-state index contributed by atoms with van der Waals surface area (Å²) < 4.78 is 5.07. The quantitative estimate of drug-likeness (QED) is 0.557. The molecule has 0 aromatic heterocycles. The number of aromatic hydroxyl groups is 1. The summed E-state index contributed by atoms with van der Waals surface area (Å²) in [7, 11) is 1.58. The lowest BCUT2D eigenvalue weighted by Crippen LogP contribution is -2.40. The molecule has 0 saturated heterocycles. The molecule has 2 aromatic carbocycles. The first-order valence-electron chi connectivity index (χ1n) is 7.71. The first kappa shape index (κ1) is 18.1. The van der Waals surface area contributed by atoms with Crippen molar-refractivity contribution in [1.82, 2.24) is 5.32 Å². The van der Waals surface area contributed by atoms with E-state index in [4.69, 9.17) is 4.74 Å². The van der Waals surface area contributed by atoms with Crippen LogP contribution in [-0.4, -0.2) is 30.1 Å². The van der Waals surface area contributed by atoms with E-state index in [1.807, 2.05) is 12.1 Å². The summed E-state index contributed by atoms with van der Waals surface area (Å²) in [5.41, 5.74) is 1.13. The first-order chi connectivity index (χ1) is 12.0. The van der Waals surface area contributed by atoms with E-state index in [1.165, 1.54) is 12.1 Å². The van der Waals surface area contributed by atoms with Gasteiger partial charge in [-0.25, -0.2) is 0 Å². The molecule has 0 heterocycles. The number of hydrogen-bond acceptors (Lipinski definition) is 4. The largest absolute Gasteiger partial charge is 0.506 e. The van der Waals surface area contributed by atoms with Gasteiger partial charge in [0, 0.05) is 6.08 Å². The second-order valence-corrected chi connectivity index (χ2v) is 5.34. The highest BCUT2D eigenvalue weighted by Crippen LogP contribution is 2.21. The highest BCUT2D eigenvalue weighted by molar-refractivity contribution is 6.00. The zero-order valence-electron chi connectivity index (χ0n) is 14.0. The number of phenols is 1. The second-order valence-electron chi connectivity index (χ2n) is 5.34. The molecule has 0 aliphatic rings. The Morgan fingerprint density at radius 1 is 1.12 bits per heavy atom. The van der Waals surface area contributed by atoms with E-state index in [0.29, 0.717) is 5.69 Å². The maximum Gasteiger partial charge on any atom is 0.246 e. The van der Waals surface area contributed by atoms with Gasteiger partial charge in [0.1, 0.15) is 17.5 Å². The molecule has 1 atom stereocenters. The van der Waals surface area contributed by atoms with Crippen LogP contribution in [0.3, 0.4) is 0 Å². The normalized spacial score (nSPS) is 11.8. The minimum Gasteiger partial charge on any atom is -0.506 e. The SMILES string of the molecule is COc1ccc(/C=C/C(=O)NC(C)C(=O)Nc2ccccc2O)cc1. The number of carbonyl (C=O) groups is 2. The number of para-hydroxylation sites is 2. The average Bonchev–Trinajstić information content (AvgIpc) is 2.62. The van der Waals surface area contributed by atoms with E-state index >= 15 is 0 Å². The fourth-order valence-corrected chi connectivity index (χ4v) is 2.03. The maximum atomic E-state index is 12.1. The lowest BCUT2D eigenvalue weighted by Gasteiger charge is -2.13. The van der Waals surface area contributed by atoms with E-state index in [-0.39, 0.29) is 5.75 Å². The number of carbonyl (C=O) groups excluding carboxylic acids is 2. The minimum absolute atomic E-state index is 0.0335. The van der Waals surface area contributed by atoms with Crippen LogP contribution in [-0.2, 0) is 9.59 Å². The smallest absolute Gasteiger partial charge is 0.246 e. The van der Waals surface area contributed by atoms with Gasteiger partial charge < -0.3 is 20.5 Å². The van der Waals surface area contributed by atoms with Crippen molar-refractivity contribution >= 4 is 23.6 Å². The molecule has 0 radical (unpaired) electrons. The summed E-state index contributed by atoms with van der Waals surface area (Å²) in [5, 5.41) is 14.8. The molecular formula is C19H20N2O4. The molecule has 25 heavy (non-hydrogen) atoms. The molecule has 2 amide bonds. The van der Waals surface area contributed by atoms with Gasteiger partial charge in [-0.3, -0.25) is 9.59 Å². The molecule has 6 nitrogen and oxygen atoms in total. The predicted octanol–water partition coefficient (Wildman–Crippen LogP) is 2.56. The van der Waals surface area contributed by atoms with E-state index in [1.54, 1.807) is 50.4 Å². The van der Waals surface area contributed by atoms with Crippen LogP contribution in [0.4, 0.5) is 5.69 Å². The Bertz CT molecular complexity index is 769. The fourth-order valence-electron chi connectivity index (χ4n) is 2.03. The average molecular weight is 340 g/mol. The Kier molecular flexibility index (Phi) is 6.17. The minimum atomic E-state index is -0.757. The molecule has 0 spiro atoms. The Balaban J connectivity index is 1.89. The third-order valence-electron chi connectivity index (χ3n) is 3.46. The van der Waals surface area contributed by atoms with Gasteiger partial charge in [-0.15, -0.1) is 0 Å². The van der Waals surface area contributed by atoms with Crippen LogP contribution in [0, 0.1) is 0 Å². The van der Waals surface area contributed by atoms with E-state index in [9.17, 15) is 14.7 Å². The number of phenolic OH excluding ortho intramolecular Hbond substituents is 1. The molecule has 0 aliphatic heterocycles. The molecule has 2 rings (SSSR count). The van der Waals surface area contributed by atoms with Crippen LogP contribution >= 0.6 is 0 Å². The van der Waals surface area contributed by atoms with Crippen LogP contribution in [0.2, 0.25) is 0 Å². The standard InChI is InChI=1S/C19H20N2O4/c1-13(19(24)21-16-5-3-4-6-17(16)22)20-18(23)12-9-14-7-10-15(25-2)11-8-14/h3-13,22H,1-2H3,(H,20,23)(H,21,24)/b12-9+. The topological polar surface area (TPSA) is 87.7 Å². The summed E-state index contributed by atoms with van der Waals surface area (Å²) in [6, 6.07) is 12.8. The van der Waals surface area contributed by atoms with Gasteiger partial charge in [-0.2, -0.15) is 0 Å². The first-order valence-corrected chi connectivity index (χ1v) is 7.71. The predicted molar refractivity (Wildman–Crippen MR) is 96.4 cm³/mol. The number of methoxy groups -OCH3 is 1. The summed E-state index contributed by atoms with van der Waals surface area (Å²) in [6.07, 6.45) is 2.99. The number of benzene rings is 2. The molecule has 0 fully saturated rings. The molecule has 2 aromatic rings. The van der Waals surface area contributed by atoms with E-state index in [2.05, 4.69) is 10.6 Å². The van der Waals surface area contributed by atoms with Gasteiger partial charge in [0.05, 0.1) is 12.8 Å². The molecule has 1 unspecified atom stereocenters. The monoisotopic (exact) mass is 340 g/mol. The van der Waals surface area contributed by atoms with Crippen molar-refractivity contribution in [1.29, 1.82) is 0 Å². The summed E-state index contributed by atoms with van der Waals surface area (Å²) >= 11 is 0. The summed E-state index contributed by atoms with van der Waals surface area (Å²) in [6.45, 7) is 1.56. The second kappa shape index (κ2) is 8.54. The van der Waals surface area contributed by atoms with E-state index < -0.39 is 17.9 Å². The Hall–Kier alpha value is -3.28. The van der Waals surface area contributed by atoms with E-state index in [0.717, 1.165) is 11.3 Å². The van der Waals surface area contributed by atoms with Crippen molar-refractivity contribution in [2.75, 3.05) is 12.4 Å². The molecular weight excluding hydrogens is 320 g/mol. The lowest BCUT2D eigenvalue weighted by molar-refractivity contribution is -0.123. The van der Waals surface area contributed by atoms with Crippen molar-refractivity contribution in [2.45, 2.75) is 13.0 Å². The molecule has 0 bridgehead atoms. The number of amides is 2. The Labute approximate surface area is 146 Å². The summed E-state index contributed by atoms with van der Waals surface area (Å²) in [4.78, 5) is 24.0. The molecule has 130 valence electrons. The molecule has 0 aliphatic carbocycles. The van der Waals surface area contributed by atoms with Gasteiger partial charge in [0.25, 0.3) is 0 Å². The van der Waals surface area contributed by atoms with Gasteiger partial charge in [-0.05, 0) is 42.8 Å². The number of rotatable bonds is 6. The third kappa shape index (κ3) is 5.39. The van der Waals surface area contributed by atoms with Crippen molar-refractivity contribution < 1.29 is 19.4 Å². The van der Waals surface area contributed by atoms with Crippen molar-refractivity contribution in [3.05, 3.63) is 60.2 Å². The highest BCUT2D eigenvalue weighted by atomic mass is 16.5. The van der Waals surface area contributed by atoms with Crippen molar-refractivity contribution in [2.24, 2.45) is 0 Å². The number of nitrogens with one attached hydrogen (secondary N) is 2. The van der Waals surface area contributed by atoms with Crippen LogP contribution in [0.1, 0.15) is 12.5 Å². The number of hydrogen-bond donors (Lipinski definition) is 3. The number of anilines is 1. The highest BCUT2D eigenvalue weighted by Gasteiger charge is 2.15. The van der Waals surface area contributed by atoms with Crippen LogP contribution in [0.15, 0.2) is 54.6 Å². The Morgan fingerprint density at radius 2 is 1.80 bits per heavy atom. The van der Waals surface area contributed by atoms with Crippen molar-refractivity contribution in [3.63, 3.8) is 0 Å².